The van der Waals surface area contributed by atoms with Crippen molar-refractivity contribution in [3.05, 3.63) is 23.8 Å². The van der Waals surface area contributed by atoms with E-state index < -0.39 is 11.6 Å². The molecule has 2 rings (SSSR count). The van der Waals surface area contributed by atoms with E-state index >= 15 is 0 Å². The largest absolute Gasteiger partial charge is 0.479 e. The van der Waals surface area contributed by atoms with Crippen molar-refractivity contribution in [2.75, 3.05) is 12.4 Å². The Balaban J connectivity index is 2.36. The third-order valence-corrected chi connectivity index (χ3v) is 3.30. The van der Waals surface area contributed by atoms with Crippen LogP contribution < -0.4 is 21.1 Å². The lowest BCUT2D eigenvalue weighted by Gasteiger charge is -2.32. The summed E-state index contributed by atoms with van der Waals surface area (Å²) in [5.41, 5.74) is 7.48. The molecule has 4 N–H and O–H groups in total. The van der Waals surface area contributed by atoms with Gasteiger partial charge >= 0.3 is 0 Å². The van der Waals surface area contributed by atoms with Gasteiger partial charge < -0.3 is 21.1 Å². The molecule has 2 atom stereocenters. The Morgan fingerprint density at radius 1 is 1.47 bits per heavy atom. The molecular formula is C14H21N3O2. The van der Waals surface area contributed by atoms with Gasteiger partial charge in [0.1, 0.15) is 5.75 Å². The van der Waals surface area contributed by atoms with E-state index in [1.807, 2.05) is 39.1 Å². The molecule has 0 aliphatic carbocycles. The number of fused-ring (bicyclic) bond motifs is 1. The second-order valence-electron chi connectivity index (χ2n) is 5.55. The Morgan fingerprint density at radius 3 is 2.74 bits per heavy atom. The van der Waals surface area contributed by atoms with Crippen LogP contribution in [0.2, 0.25) is 0 Å². The number of carbonyl (C=O) groups is 1. The summed E-state index contributed by atoms with van der Waals surface area (Å²) in [5.74, 6) is 0.568. The number of likely N-dealkylation sites (N-methyl/N-ethyl adjacent to an activating group) is 1. The van der Waals surface area contributed by atoms with Gasteiger partial charge in [0.25, 0.3) is 5.91 Å². The Labute approximate surface area is 113 Å². The first-order valence-corrected chi connectivity index (χ1v) is 6.40. The highest BCUT2D eigenvalue weighted by atomic mass is 16.5. The molecule has 0 spiro atoms. The quantitative estimate of drug-likeness (QED) is 0.770. The first kappa shape index (κ1) is 13.8. The van der Waals surface area contributed by atoms with Gasteiger partial charge in [0, 0.05) is 11.6 Å². The number of carbonyl (C=O) groups excluding carboxylic acids is 1. The molecule has 1 aliphatic heterocycles. The molecule has 1 aromatic rings. The number of nitrogens with two attached hydrogens (primary N) is 1. The fourth-order valence-electron chi connectivity index (χ4n) is 2.37. The van der Waals surface area contributed by atoms with Gasteiger partial charge in [-0.3, -0.25) is 4.79 Å². The predicted molar refractivity (Wildman–Crippen MR) is 75.2 cm³/mol. The maximum Gasteiger partial charge on any atom is 0.265 e. The smallest absolute Gasteiger partial charge is 0.265 e. The Kier molecular flexibility index (Phi) is 3.52. The van der Waals surface area contributed by atoms with Gasteiger partial charge in [-0.05, 0) is 45.5 Å². The van der Waals surface area contributed by atoms with Crippen LogP contribution in [0.3, 0.4) is 0 Å². The fraction of sp³-hybridized carbons (Fsp3) is 0.500. The Morgan fingerprint density at radius 2 is 2.16 bits per heavy atom. The number of rotatable bonds is 3. The maximum atomic E-state index is 11.6. The van der Waals surface area contributed by atoms with Gasteiger partial charge in [0.15, 0.2) is 6.10 Å². The minimum absolute atomic E-state index is 0.00551. The van der Waals surface area contributed by atoms with Crippen molar-refractivity contribution in [3.63, 3.8) is 0 Å². The van der Waals surface area contributed by atoms with Gasteiger partial charge in [-0.1, -0.05) is 6.07 Å². The topological polar surface area (TPSA) is 76.4 Å². The molecule has 1 aromatic carbocycles. The molecule has 0 saturated carbocycles. The Hall–Kier alpha value is -1.59. The zero-order valence-electron chi connectivity index (χ0n) is 11.8. The normalized spacial score (nSPS) is 20.3. The Bertz CT molecular complexity index is 494. The van der Waals surface area contributed by atoms with Crippen molar-refractivity contribution in [1.82, 2.24) is 5.32 Å². The third kappa shape index (κ3) is 2.72. The molecule has 1 aliphatic rings. The van der Waals surface area contributed by atoms with Crippen LogP contribution in [0.1, 0.15) is 32.4 Å². The van der Waals surface area contributed by atoms with Crippen LogP contribution in [0.25, 0.3) is 0 Å². The summed E-state index contributed by atoms with van der Waals surface area (Å²) >= 11 is 0. The molecule has 5 nitrogen and oxygen atoms in total. The van der Waals surface area contributed by atoms with Gasteiger partial charge in [-0.25, -0.2) is 0 Å². The van der Waals surface area contributed by atoms with Crippen LogP contribution in [0.4, 0.5) is 5.69 Å². The maximum absolute atomic E-state index is 11.6. The summed E-state index contributed by atoms with van der Waals surface area (Å²) in [7, 11) is 1.87. The molecule has 0 saturated heterocycles. The number of hydrogen-bond acceptors (Lipinski definition) is 4. The van der Waals surface area contributed by atoms with Crippen molar-refractivity contribution >= 4 is 11.6 Å². The van der Waals surface area contributed by atoms with E-state index in [1.165, 1.54) is 0 Å². The van der Waals surface area contributed by atoms with E-state index in [1.54, 1.807) is 6.92 Å². The van der Waals surface area contributed by atoms with Gasteiger partial charge in [0.05, 0.1) is 5.69 Å². The molecular weight excluding hydrogens is 242 g/mol. The van der Waals surface area contributed by atoms with Crippen LogP contribution >= 0.6 is 0 Å². The second-order valence-corrected chi connectivity index (χ2v) is 5.55. The summed E-state index contributed by atoms with van der Waals surface area (Å²) < 4.78 is 5.53. The number of anilines is 1. The van der Waals surface area contributed by atoms with E-state index in [0.717, 1.165) is 5.56 Å². The van der Waals surface area contributed by atoms with Crippen LogP contribution in [-0.4, -0.2) is 24.6 Å². The summed E-state index contributed by atoms with van der Waals surface area (Å²) in [5, 5.41) is 6.05. The molecule has 5 heteroatoms. The third-order valence-electron chi connectivity index (χ3n) is 3.30. The number of amides is 1. The van der Waals surface area contributed by atoms with E-state index in [2.05, 4.69) is 10.6 Å². The molecule has 0 aromatic heterocycles. The standard InChI is InChI=1S/C14H21N3O2/c1-8-13(18)17-10-7-9(5-6-11(10)19-8)12(16-4)14(2,3)15/h5-8,12,16H,15H2,1-4H3,(H,17,18). The number of benzene rings is 1. The van der Waals surface area contributed by atoms with Crippen LogP contribution in [0, 0.1) is 0 Å². The molecule has 1 heterocycles. The van der Waals surface area contributed by atoms with E-state index in [0.29, 0.717) is 11.4 Å². The average Bonchev–Trinajstić information content (AvgIpc) is 2.30. The predicted octanol–water partition coefficient (Wildman–Crippen LogP) is 1.40. The molecule has 0 bridgehead atoms. The van der Waals surface area contributed by atoms with Crippen LogP contribution in [-0.2, 0) is 4.79 Å². The molecule has 1 amide bonds. The van der Waals surface area contributed by atoms with E-state index in [-0.39, 0.29) is 11.9 Å². The number of nitrogens with one attached hydrogen (secondary N) is 2. The SMILES string of the molecule is CNC(c1ccc2c(c1)NC(=O)C(C)O2)C(C)(C)N. The number of hydrogen-bond donors (Lipinski definition) is 3. The van der Waals surface area contributed by atoms with Crippen molar-refractivity contribution < 1.29 is 9.53 Å². The lowest BCUT2D eigenvalue weighted by molar-refractivity contribution is -0.122. The van der Waals surface area contributed by atoms with E-state index in [9.17, 15) is 4.79 Å². The highest BCUT2D eigenvalue weighted by molar-refractivity contribution is 5.97. The monoisotopic (exact) mass is 263 g/mol. The highest BCUT2D eigenvalue weighted by Crippen LogP contribution is 2.34. The average molecular weight is 263 g/mol. The van der Waals surface area contributed by atoms with Gasteiger partial charge in [-0.15, -0.1) is 0 Å². The molecule has 0 fully saturated rings. The minimum atomic E-state index is -0.454. The summed E-state index contributed by atoms with van der Waals surface area (Å²) in [6, 6.07) is 5.75. The van der Waals surface area contributed by atoms with E-state index in [4.69, 9.17) is 10.5 Å². The van der Waals surface area contributed by atoms with Gasteiger partial charge in [-0.2, -0.15) is 0 Å². The van der Waals surface area contributed by atoms with Crippen molar-refractivity contribution in [1.29, 1.82) is 0 Å². The second kappa shape index (κ2) is 4.83. The first-order chi connectivity index (χ1) is 8.82. The highest BCUT2D eigenvalue weighted by Gasteiger charge is 2.28. The van der Waals surface area contributed by atoms with Crippen LogP contribution in [0.5, 0.6) is 5.75 Å². The zero-order valence-corrected chi connectivity index (χ0v) is 11.8. The van der Waals surface area contributed by atoms with Crippen molar-refractivity contribution in [3.8, 4) is 5.75 Å². The lowest BCUT2D eigenvalue weighted by atomic mass is 9.89. The molecule has 0 radical (unpaired) electrons. The number of ether oxygens (including phenoxy) is 1. The van der Waals surface area contributed by atoms with Crippen molar-refractivity contribution in [2.24, 2.45) is 5.73 Å². The van der Waals surface area contributed by atoms with Gasteiger partial charge in [0.2, 0.25) is 0 Å². The summed E-state index contributed by atoms with van der Waals surface area (Å²) in [6.07, 6.45) is -0.454. The minimum Gasteiger partial charge on any atom is -0.479 e. The molecule has 104 valence electrons. The summed E-state index contributed by atoms with van der Waals surface area (Å²) in [6.45, 7) is 5.65. The summed E-state index contributed by atoms with van der Waals surface area (Å²) in [4.78, 5) is 11.6. The fourth-order valence-corrected chi connectivity index (χ4v) is 2.37. The van der Waals surface area contributed by atoms with Crippen LogP contribution in [0.15, 0.2) is 18.2 Å². The van der Waals surface area contributed by atoms with Crippen molar-refractivity contribution in [2.45, 2.75) is 38.5 Å². The zero-order chi connectivity index (χ0) is 14.2. The molecule has 2 unspecified atom stereocenters. The lowest BCUT2D eigenvalue weighted by Crippen LogP contribution is -2.45. The first-order valence-electron chi connectivity index (χ1n) is 6.40. The molecule has 19 heavy (non-hydrogen) atoms.